The first-order chi connectivity index (χ1) is 7.21. The van der Waals surface area contributed by atoms with Gasteiger partial charge in [0, 0.05) is 6.54 Å². The summed E-state index contributed by atoms with van der Waals surface area (Å²) in [5.74, 6) is -0.0568. The molecule has 4 nitrogen and oxygen atoms in total. The van der Waals surface area contributed by atoms with Crippen molar-refractivity contribution in [2.75, 3.05) is 6.54 Å². The molecule has 0 amide bonds. The third-order valence-corrected chi connectivity index (χ3v) is 3.32. The van der Waals surface area contributed by atoms with Crippen molar-refractivity contribution in [3.05, 3.63) is 24.3 Å². The van der Waals surface area contributed by atoms with E-state index in [1.165, 1.54) is 24.3 Å². The van der Waals surface area contributed by atoms with Crippen molar-refractivity contribution in [3.8, 4) is 5.75 Å². The minimum Gasteiger partial charge on any atom is -0.508 e. The SMILES string of the molecule is CC(C)(C)CNS(=O)(=O)c1cccc(O)c1. The van der Waals surface area contributed by atoms with Gasteiger partial charge in [0.1, 0.15) is 5.75 Å². The zero-order valence-corrected chi connectivity index (χ0v) is 10.5. The number of sulfonamides is 1. The molecule has 0 aliphatic heterocycles. The van der Waals surface area contributed by atoms with Crippen LogP contribution in [0.2, 0.25) is 0 Å². The summed E-state index contributed by atoms with van der Waals surface area (Å²) in [5.41, 5.74) is -0.121. The molecule has 0 bridgehead atoms. The van der Waals surface area contributed by atoms with Crippen molar-refractivity contribution < 1.29 is 13.5 Å². The Labute approximate surface area is 96.4 Å². The summed E-state index contributed by atoms with van der Waals surface area (Å²) < 4.78 is 26.1. The highest BCUT2D eigenvalue weighted by molar-refractivity contribution is 7.89. The minimum atomic E-state index is -3.53. The predicted octanol–water partition coefficient (Wildman–Crippen LogP) is 1.72. The number of phenols is 1. The summed E-state index contributed by atoms with van der Waals surface area (Å²) in [7, 11) is -3.53. The first kappa shape index (κ1) is 13.0. The first-order valence-corrected chi connectivity index (χ1v) is 6.48. The zero-order valence-electron chi connectivity index (χ0n) is 9.69. The van der Waals surface area contributed by atoms with Crippen LogP contribution in [-0.4, -0.2) is 20.1 Å². The minimum absolute atomic E-state index is 0.0568. The Kier molecular flexibility index (Phi) is 3.60. The summed E-state index contributed by atoms with van der Waals surface area (Å²) in [4.78, 5) is 0.0803. The molecule has 0 aliphatic carbocycles. The van der Waals surface area contributed by atoms with E-state index in [2.05, 4.69) is 4.72 Å². The number of benzene rings is 1. The topological polar surface area (TPSA) is 66.4 Å². The third kappa shape index (κ3) is 3.83. The highest BCUT2D eigenvalue weighted by Gasteiger charge is 2.18. The molecule has 0 atom stereocenters. The van der Waals surface area contributed by atoms with Gasteiger partial charge in [-0.1, -0.05) is 26.8 Å². The summed E-state index contributed by atoms with van der Waals surface area (Å²) in [6.07, 6.45) is 0. The van der Waals surface area contributed by atoms with Crippen molar-refractivity contribution in [3.63, 3.8) is 0 Å². The van der Waals surface area contributed by atoms with E-state index >= 15 is 0 Å². The van der Waals surface area contributed by atoms with E-state index in [-0.39, 0.29) is 16.1 Å². The Morgan fingerprint density at radius 3 is 2.44 bits per heavy atom. The molecule has 0 spiro atoms. The molecule has 1 aromatic rings. The molecule has 5 heteroatoms. The second kappa shape index (κ2) is 4.43. The highest BCUT2D eigenvalue weighted by atomic mass is 32.2. The van der Waals surface area contributed by atoms with Gasteiger partial charge in [-0.05, 0) is 23.6 Å². The molecule has 16 heavy (non-hydrogen) atoms. The van der Waals surface area contributed by atoms with Crippen LogP contribution in [0.1, 0.15) is 20.8 Å². The van der Waals surface area contributed by atoms with Gasteiger partial charge >= 0.3 is 0 Å². The molecule has 0 heterocycles. The fourth-order valence-corrected chi connectivity index (χ4v) is 2.37. The maximum atomic E-state index is 11.8. The molecule has 0 saturated carbocycles. The monoisotopic (exact) mass is 243 g/mol. The standard InChI is InChI=1S/C11H17NO3S/c1-11(2,3)8-12-16(14,15)10-6-4-5-9(13)7-10/h4-7,12-13H,8H2,1-3H3. The molecule has 0 fully saturated rings. The van der Waals surface area contributed by atoms with E-state index in [9.17, 15) is 13.5 Å². The average molecular weight is 243 g/mol. The first-order valence-electron chi connectivity index (χ1n) is 4.99. The van der Waals surface area contributed by atoms with Gasteiger partial charge < -0.3 is 5.11 Å². The maximum Gasteiger partial charge on any atom is 0.240 e. The van der Waals surface area contributed by atoms with Gasteiger partial charge in [-0.2, -0.15) is 0 Å². The Morgan fingerprint density at radius 2 is 1.94 bits per heavy atom. The van der Waals surface area contributed by atoms with Crippen LogP contribution in [0.4, 0.5) is 0 Å². The van der Waals surface area contributed by atoms with Crippen LogP contribution in [-0.2, 0) is 10.0 Å². The smallest absolute Gasteiger partial charge is 0.240 e. The van der Waals surface area contributed by atoms with Gasteiger partial charge in [0.2, 0.25) is 10.0 Å². The van der Waals surface area contributed by atoms with Crippen LogP contribution in [0.5, 0.6) is 5.75 Å². The quantitative estimate of drug-likeness (QED) is 0.849. The third-order valence-electron chi connectivity index (χ3n) is 1.92. The van der Waals surface area contributed by atoms with Gasteiger partial charge in [0.05, 0.1) is 4.90 Å². The van der Waals surface area contributed by atoms with E-state index in [4.69, 9.17) is 0 Å². The average Bonchev–Trinajstić information content (AvgIpc) is 2.14. The molecule has 1 rings (SSSR count). The number of hydrogen-bond acceptors (Lipinski definition) is 3. The van der Waals surface area contributed by atoms with Gasteiger partial charge in [-0.3, -0.25) is 0 Å². The number of hydrogen-bond donors (Lipinski definition) is 2. The van der Waals surface area contributed by atoms with Crippen molar-refractivity contribution >= 4 is 10.0 Å². The van der Waals surface area contributed by atoms with Crippen LogP contribution >= 0.6 is 0 Å². The lowest BCUT2D eigenvalue weighted by atomic mass is 9.98. The second-order valence-electron chi connectivity index (χ2n) is 4.88. The number of rotatable bonds is 3. The van der Waals surface area contributed by atoms with E-state index in [1.807, 2.05) is 20.8 Å². The second-order valence-corrected chi connectivity index (χ2v) is 6.65. The Hall–Kier alpha value is -1.07. The van der Waals surface area contributed by atoms with Gasteiger partial charge in [-0.15, -0.1) is 0 Å². The predicted molar refractivity (Wildman–Crippen MR) is 62.8 cm³/mol. The molecule has 1 aromatic carbocycles. The Morgan fingerprint density at radius 1 is 1.31 bits per heavy atom. The number of phenolic OH excluding ortho intramolecular Hbond substituents is 1. The molecular weight excluding hydrogens is 226 g/mol. The Bertz CT molecular complexity index is 460. The van der Waals surface area contributed by atoms with E-state index in [0.29, 0.717) is 6.54 Å². The van der Waals surface area contributed by atoms with Crippen LogP contribution in [0.25, 0.3) is 0 Å². The van der Waals surface area contributed by atoms with Crippen LogP contribution in [0.15, 0.2) is 29.2 Å². The van der Waals surface area contributed by atoms with Crippen molar-refractivity contribution in [1.82, 2.24) is 4.72 Å². The normalized spacial score (nSPS) is 12.7. The van der Waals surface area contributed by atoms with Crippen LogP contribution in [0, 0.1) is 5.41 Å². The number of nitrogens with one attached hydrogen (secondary N) is 1. The summed E-state index contributed by atoms with van der Waals surface area (Å²) in [5, 5.41) is 9.21. The van der Waals surface area contributed by atoms with Crippen molar-refractivity contribution in [2.45, 2.75) is 25.7 Å². The fourth-order valence-electron chi connectivity index (χ4n) is 1.05. The van der Waals surface area contributed by atoms with Gasteiger partial charge in [0.25, 0.3) is 0 Å². The summed E-state index contributed by atoms with van der Waals surface area (Å²) >= 11 is 0. The molecule has 0 radical (unpaired) electrons. The van der Waals surface area contributed by atoms with Crippen molar-refractivity contribution in [1.29, 1.82) is 0 Å². The van der Waals surface area contributed by atoms with Gasteiger partial charge in [0.15, 0.2) is 0 Å². The summed E-state index contributed by atoms with van der Waals surface area (Å²) in [6, 6.07) is 5.61. The molecule has 90 valence electrons. The van der Waals surface area contributed by atoms with Crippen molar-refractivity contribution in [2.24, 2.45) is 5.41 Å². The lowest BCUT2D eigenvalue weighted by molar-refractivity contribution is 0.407. The number of aromatic hydroxyl groups is 1. The molecule has 0 aromatic heterocycles. The molecule has 2 N–H and O–H groups in total. The lowest BCUT2D eigenvalue weighted by Gasteiger charge is -2.18. The zero-order chi connectivity index (χ0) is 12.4. The highest BCUT2D eigenvalue weighted by Crippen LogP contribution is 2.17. The van der Waals surface area contributed by atoms with E-state index in [1.54, 1.807) is 0 Å². The van der Waals surface area contributed by atoms with Crippen LogP contribution < -0.4 is 4.72 Å². The summed E-state index contributed by atoms with van der Waals surface area (Å²) in [6.45, 7) is 6.18. The molecular formula is C11H17NO3S. The van der Waals surface area contributed by atoms with E-state index in [0.717, 1.165) is 0 Å². The maximum absolute atomic E-state index is 11.8. The van der Waals surface area contributed by atoms with E-state index < -0.39 is 10.0 Å². The molecule has 0 saturated heterocycles. The van der Waals surface area contributed by atoms with Crippen LogP contribution in [0.3, 0.4) is 0 Å². The Balaban J connectivity index is 2.87. The van der Waals surface area contributed by atoms with Gasteiger partial charge in [-0.25, -0.2) is 13.1 Å². The molecule has 0 aliphatic rings. The fraction of sp³-hybridized carbons (Fsp3) is 0.455. The largest absolute Gasteiger partial charge is 0.508 e. The lowest BCUT2D eigenvalue weighted by Crippen LogP contribution is -2.32. The molecule has 0 unspecified atom stereocenters.